The molecule has 202 valence electrons. The van der Waals surface area contributed by atoms with Gasteiger partial charge in [0.05, 0.1) is 37.5 Å². The number of nitrogens with zero attached hydrogens (tertiary/aromatic N) is 3. The molecule has 0 amide bonds. The largest absolute Gasteiger partial charge is 0.379 e. The second-order valence-electron chi connectivity index (χ2n) is 9.84. The van der Waals surface area contributed by atoms with Crippen LogP contribution in [0.25, 0.3) is 16.7 Å². The van der Waals surface area contributed by atoms with E-state index < -0.39 is 0 Å². The summed E-state index contributed by atoms with van der Waals surface area (Å²) in [4.78, 5) is 20.6. The van der Waals surface area contributed by atoms with Gasteiger partial charge in [0.25, 0.3) is 0 Å². The molecule has 0 radical (unpaired) electrons. The average Bonchev–Trinajstić information content (AvgIpc) is 3.28. The van der Waals surface area contributed by atoms with Gasteiger partial charge in [0.2, 0.25) is 0 Å². The second kappa shape index (κ2) is 11.5. The normalized spacial score (nSPS) is 23.2. The first-order valence-corrected chi connectivity index (χ1v) is 13.6. The SMILES string of the molecule is O=c1[nH]c2cc(C3=CC(Nc4ccc(Cl)cc4)NC(N4CCOCC4)N3)ccc2n1CCN1CCOCC1. The highest BCUT2D eigenvalue weighted by atomic mass is 35.5. The van der Waals surface area contributed by atoms with Crippen LogP contribution in [-0.2, 0) is 16.0 Å². The van der Waals surface area contributed by atoms with E-state index in [0.717, 1.165) is 73.9 Å². The van der Waals surface area contributed by atoms with Crippen LogP contribution in [-0.4, -0.2) is 91.0 Å². The molecule has 2 unspecified atom stereocenters. The quantitative estimate of drug-likeness (QED) is 0.361. The molecule has 1 aromatic heterocycles. The number of aromatic amines is 1. The van der Waals surface area contributed by atoms with Gasteiger partial charge in [0.15, 0.2) is 0 Å². The van der Waals surface area contributed by atoms with Crippen LogP contribution < -0.4 is 21.6 Å². The maximum atomic E-state index is 12.8. The molecule has 3 aliphatic rings. The molecule has 0 saturated carbocycles. The Hall–Kier alpha value is -2.86. The van der Waals surface area contributed by atoms with E-state index in [0.29, 0.717) is 24.8 Å². The van der Waals surface area contributed by atoms with Crippen LogP contribution in [0.2, 0.25) is 5.02 Å². The number of fused-ring (bicyclic) bond motifs is 1. The number of imidazole rings is 1. The minimum atomic E-state index is -0.117. The lowest BCUT2D eigenvalue weighted by atomic mass is 10.1. The number of nitrogens with one attached hydrogen (secondary N) is 4. The molecule has 38 heavy (non-hydrogen) atoms. The van der Waals surface area contributed by atoms with E-state index in [-0.39, 0.29) is 18.1 Å². The summed E-state index contributed by atoms with van der Waals surface area (Å²) in [6.45, 7) is 7.89. The Morgan fingerprint density at radius 1 is 0.947 bits per heavy atom. The monoisotopic (exact) mass is 539 g/mol. The van der Waals surface area contributed by atoms with Crippen LogP contribution in [0, 0.1) is 0 Å². The van der Waals surface area contributed by atoms with E-state index in [4.69, 9.17) is 21.1 Å². The Labute approximate surface area is 226 Å². The summed E-state index contributed by atoms with van der Waals surface area (Å²) in [5.41, 5.74) is 4.66. The standard InChI is InChI=1S/C27H34ClN7O3/c28-20-2-4-21(5-3-20)29-25-18-22(30-26(32-25)34-11-15-38-16-12-34)19-1-6-24-23(17-19)31-27(36)35(24)8-7-33-9-13-37-14-10-33/h1-6,17-18,25-26,29-30,32H,7-16H2,(H,31,36). The Morgan fingerprint density at radius 3 is 2.45 bits per heavy atom. The number of ether oxygens (including phenoxy) is 2. The van der Waals surface area contributed by atoms with Crippen LogP contribution in [0.3, 0.4) is 0 Å². The van der Waals surface area contributed by atoms with Crippen LogP contribution in [0.4, 0.5) is 5.69 Å². The minimum absolute atomic E-state index is 0.0726. The molecule has 2 fully saturated rings. The first kappa shape index (κ1) is 25.4. The zero-order chi connectivity index (χ0) is 25.9. The van der Waals surface area contributed by atoms with Crippen molar-refractivity contribution in [2.75, 3.05) is 64.5 Å². The lowest BCUT2D eigenvalue weighted by Gasteiger charge is -2.41. The highest BCUT2D eigenvalue weighted by molar-refractivity contribution is 6.30. The summed E-state index contributed by atoms with van der Waals surface area (Å²) >= 11 is 6.08. The number of rotatable bonds is 7. The zero-order valence-corrected chi connectivity index (χ0v) is 22.0. The molecule has 4 heterocycles. The van der Waals surface area contributed by atoms with Gasteiger partial charge in [0.1, 0.15) is 12.5 Å². The van der Waals surface area contributed by atoms with Gasteiger partial charge in [-0.25, -0.2) is 4.79 Å². The van der Waals surface area contributed by atoms with Crippen molar-refractivity contribution in [2.24, 2.45) is 0 Å². The summed E-state index contributed by atoms with van der Waals surface area (Å²) in [6.07, 6.45) is 1.95. The van der Waals surface area contributed by atoms with Crippen LogP contribution in [0.5, 0.6) is 0 Å². The van der Waals surface area contributed by atoms with Crippen LogP contribution >= 0.6 is 11.6 Å². The maximum absolute atomic E-state index is 12.8. The van der Waals surface area contributed by atoms with Crippen molar-refractivity contribution in [3.05, 3.63) is 69.6 Å². The van der Waals surface area contributed by atoms with Gasteiger partial charge >= 0.3 is 5.69 Å². The smallest absolute Gasteiger partial charge is 0.326 e. The first-order chi connectivity index (χ1) is 18.6. The molecule has 3 aliphatic heterocycles. The topological polar surface area (TPSA) is 98.8 Å². The van der Waals surface area contributed by atoms with Crippen molar-refractivity contribution >= 4 is 34.0 Å². The first-order valence-electron chi connectivity index (χ1n) is 13.2. The molecule has 2 atom stereocenters. The van der Waals surface area contributed by atoms with Gasteiger partial charge < -0.3 is 25.1 Å². The highest BCUT2D eigenvalue weighted by Crippen LogP contribution is 2.23. The Morgan fingerprint density at radius 2 is 1.68 bits per heavy atom. The number of hydrogen-bond donors (Lipinski definition) is 4. The summed E-state index contributed by atoms with van der Waals surface area (Å²) in [5, 5.41) is 11.6. The van der Waals surface area contributed by atoms with E-state index in [9.17, 15) is 4.79 Å². The zero-order valence-electron chi connectivity index (χ0n) is 21.3. The molecular weight excluding hydrogens is 506 g/mol. The molecule has 4 N–H and O–H groups in total. The summed E-state index contributed by atoms with van der Waals surface area (Å²) < 4.78 is 12.8. The van der Waals surface area contributed by atoms with E-state index in [1.54, 1.807) is 0 Å². The molecule has 11 heteroatoms. The molecule has 2 aromatic carbocycles. The van der Waals surface area contributed by atoms with Gasteiger partial charge in [-0.2, -0.15) is 0 Å². The van der Waals surface area contributed by atoms with Gasteiger partial charge in [-0.15, -0.1) is 0 Å². The summed E-state index contributed by atoms with van der Waals surface area (Å²) in [5.74, 6) is 0. The van der Waals surface area contributed by atoms with Crippen molar-refractivity contribution in [1.82, 2.24) is 30.0 Å². The van der Waals surface area contributed by atoms with Crippen LogP contribution in [0.1, 0.15) is 5.56 Å². The number of morpholine rings is 2. The number of hydrogen-bond acceptors (Lipinski definition) is 8. The number of halogens is 1. The third kappa shape index (κ3) is 5.75. The fourth-order valence-corrected chi connectivity index (χ4v) is 5.39. The fraction of sp³-hybridized carbons (Fsp3) is 0.444. The molecule has 0 bridgehead atoms. The molecule has 3 aromatic rings. The van der Waals surface area contributed by atoms with Crippen molar-refractivity contribution < 1.29 is 9.47 Å². The number of aromatic nitrogens is 2. The number of benzene rings is 2. The Balaban J connectivity index is 1.25. The van der Waals surface area contributed by atoms with Gasteiger partial charge in [0, 0.05) is 55.7 Å². The number of H-pyrrole nitrogens is 1. The second-order valence-corrected chi connectivity index (χ2v) is 10.3. The molecule has 2 saturated heterocycles. The summed E-state index contributed by atoms with van der Waals surface area (Å²) in [7, 11) is 0. The summed E-state index contributed by atoms with van der Waals surface area (Å²) in [6, 6.07) is 13.9. The molecule has 6 rings (SSSR count). The number of anilines is 1. The molecule has 0 spiro atoms. The molecule has 10 nitrogen and oxygen atoms in total. The minimum Gasteiger partial charge on any atom is -0.379 e. The van der Waals surface area contributed by atoms with Gasteiger partial charge in [-0.05, 0) is 48.0 Å². The predicted octanol–water partition coefficient (Wildman–Crippen LogP) is 1.90. The van der Waals surface area contributed by atoms with E-state index in [2.05, 4.69) is 48.9 Å². The van der Waals surface area contributed by atoms with Crippen molar-refractivity contribution in [2.45, 2.75) is 19.0 Å². The third-order valence-corrected chi connectivity index (χ3v) is 7.62. The van der Waals surface area contributed by atoms with E-state index in [1.807, 2.05) is 34.9 Å². The van der Waals surface area contributed by atoms with Gasteiger partial charge in [-0.3, -0.25) is 19.7 Å². The fourth-order valence-electron chi connectivity index (χ4n) is 5.26. The highest BCUT2D eigenvalue weighted by Gasteiger charge is 2.28. The Kier molecular flexibility index (Phi) is 7.68. The van der Waals surface area contributed by atoms with Crippen molar-refractivity contribution in [3.8, 4) is 0 Å². The van der Waals surface area contributed by atoms with E-state index in [1.165, 1.54) is 0 Å². The van der Waals surface area contributed by atoms with Gasteiger partial charge in [-0.1, -0.05) is 17.7 Å². The average molecular weight is 540 g/mol. The lowest BCUT2D eigenvalue weighted by molar-refractivity contribution is 0.00197. The molecular formula is C27H34ClN7O3. The maximum Gasteiger partial charge on any atom is 0.326 e. The van der Waals surface area contributed by atoms with E-state index >= 15 is 0 Å². The van der Waals surface area contributed by atoms with Crippen molar-refractivity contribution in [3.63, 3.8) is 0 Å². The third-order valence-electron chi connectivity index (χ3n) is 7.37. The Bertz CT molecular complexity index is 1330. The van der Waals surface area contributed by atoms with Crippen molar-refractivity contribution in [1.29, 1.82) is 0 Å². The predicted molar refractivity (Wildman–Crippen MR) is 149 cm³/mol. The van der Waals surface area contributed by atoms with Crippen LogP contribution in [0.15, 0.2) is 53.3 Å². The lowest BCUT2D eigenvalue weighted by Crippen LogP contribution is -2.62. The molecule has 0 aliphatic carbocycles.